The number of aromatic hydroxyl groups is 2. The van der Waals surface area contributed by atoms with Crippen LogP contribution < -0.4 is 0 Å². The lowest BCUT2D eigenvalue weighted by atomic mass is 9.89. The van der Waals surface area contributed by atoms with E-state index in [-0.39, 0.29) is 41.3 Å². The van der Waals surface area contributed by atoms with Crippen LogP contribution in [0.25, 0.3) is 0 Å². The van der Waals surface area contributed by atoms with Gasteiger partial charge in [0.15, 0.2) is 0 Å². The van der Waals surface area contributed by atoms with Gasteiger partial charge in [0.2, 0.25) is 0 Å². The van der Waals surface area contributed by atoms with Crippen molar-refractivity contribution in [1.82, 2.24) is 0 Å². The van der Waals surface area contributed by atoms with E-state index in [9.17, 15) is 20.1 Å². The Labute approximate surface area is 166 Å². The third-order valence-corrected chi connectivity index (χ3v) is 5.37. The van der Waals surface area contributed by atoms with Gasteiger partial charge in [0.1, 0.15) is 17.4 Å². The highest BCUT2D eigenvalue weighted by Gasteiger charge is 2.35. The summed E-state index contributed by atoms with van der Waals surface area (Å²) in [5.41, 5.74) is -0.700. The van der Waals surface area contributed by atoms with E-state index in [1.165, 1.54) is 0 Å². The summed E-state index contributed by atoms with van der Waals surface area (Å²) < 4.78 is 0. The molecule has 0 aliphatic rings. The van der Waals surface area contributed by atoms with Gasteiger partial charge in [-0.3, -0.25) is 4.79 Å². The molecule has 0 aliphatic carbocycles. The Kier molecular flexibility index (Phi) is 5.91. The minimum absolute atomic E-state index is 0.0931. The van der Waals surface area contributed by atoms with Crippen LogP contribution in [0.15, 0.2) is 12.1 Å². The van der Waals surface area contributed by atoms with E-state index in [1.54, 1.807) is 0 Å². The van der Waals surface area contributed by atoms with Crippen molar-refractivity contribution in [3.63, 3.8) is 0 Å². The second-order valence-electron chi connectivity index (χ2n) is 4.60. The Balaban J connectivity index is 2.92. The predicted molar refractivity (Wildman–Crippen MR) is 95.8 cm³/mol. The second kappa shape index (κ2) is 7.24. The quantitative estimate of drug-likeness (QED) is 0.484. The first-order valence-corrected chi connectivity index (χ1v) is 8.30. The van der Waals surface area contributed by atoms with Crippen LogP contribution in [0, 0.1) is 0 Å². The first-order chi connectivity index (χ1) is 11.1. The maximum absolute atomic E-state index is 11.8. The summed E-state index contributed by atoms with van der Waals surface area (Å²) in [6, 6.07) is 2.30. The van der Waals surface area contributed by atoms with Crippen molar-refractivity contribution in [1.29, 1.82) is 0 Å². The van der Waals surface area contributed by atoms with Crippen molar-refractivity contribution in [2.75, 3.05) is 0 Å². The molecule has 3 N–H and O–H groups in total. The molecule has 10 heteroatoms. The Bertz CT molecular complexity index is 736. The molecule has 24 heavy (non-hydrogen) atoms. The highest BCUT2D eigenvalue weighted by Crippen LogP contribution is 2.50. The van der Waals surface area contributed by atoms with Gasteiger partial charge in [-0.2, -0.15) is 0 Å². The van der Waals surface area contributed by atoms with Gasteiger partial charge < -0.3 is 15.3 Å². The molecule has 0 saturated carbocycles. The number of carboxylic acids is 1. The van der Waals surface area contributed by atoms with E-state index in [4.69, 9.17) is 69.6 Å². The fourth-order valence-electron chi connectivity index (χ4n) is 2.13. The summed E-state index contributed by atoms with van der Waals surface area (Å²) in [7, 11) is 0. The van der Waals surface area contributed by atoms with Crippen molar-refractivity contribution < 1.29 is 20.1 Å². The van der Waals surface area contributed by atoms with Gasteiger partial charge in [0, 0.05) is 11.1 Å². The van der Waals surface area contributed by atoms with Gasteiger partial charge in [-0.05, 0) is 12.1 Å². The summed E-state index contributed by atoms with van der Waals surface area (Å²) in [6.45, 7) is 0. The lowest BCUT2D eigenvalue weighted by molar-refractivity contribution is -0.137. The molecular weight excluding hydrogens is 445 g/mol. The van der Waals surface area contributed by atoms with E-state index in [1.807, 2.05) is 0 Å². The highest BCUT2D eigenvalue weighted by atomic mass is 35.5. The molecule has 2 rings (SSSR count). The molecule has 0 aromatic heterocycles. The largest absolute Gasteiger partial charge is 0.506 e. The fraction of sp³-hybridized carbons (Fsp3) is 0.0714. The van der Waals surface area contributed by atoms with Gasteiger partial charge in [-0.1, -0.05) is 69.6 Å². The van der Waals surface area contributed by atoms with Gasteiger partial charge in [0.05, 0.1) is 30.1 Å². The first kappa shape index (κ1) is 19.6. The van der Waals surface area contributed by atoms with Gasteiger partial charge in [-0.25, -0.2) is 0 Å². The van der Waals surface area contributed by atoms with Crippen molar-refractivity contribution >= 4 is 75.6 Å². The Morgan fingerprint density at radius 3 is 1.38 bits per heavy atom. The lowest BCUT2D eigenvalue weighted by Gasteiger charge is -2.21. The van der Waals surface area contributed by atoms with Crippen LogP contribution in [0.1, 0.15) is 17.0 Å². The molecule has 0 bridgehead atoms. The number of carbonyl (C=O) groups is 1. The number of benzene rings is 2. The number of phenols is 2. The Morgan fingerprint density at radius 2 is 1.08 bits per heavy atom. The standard InChI is InChI=1S/C14H6Cl6O4/c15-3-1-5(17)12(21)8(10(3)19)7(14(23)24)9-11(20)4(16)2-6(18)13(9)22/h1-2,7,21-22H,(H,23,24). The molecule has 4 nitrogen and oxygen atoms in total. The normalized spacial score (nSPS) is 11.1. The summed E-state index contributed by atoms with van der Waals surface area (Å²) >= 11 is 35.6. The molecule has 0 amide bonds. The average Bonchev–Trinajstić information content (AvgIpc) is 2.49. The highest BCUT2D eigenvalue weighted by molar-refractivity contribution is 6.45. The summed E-state index contributed by atoms with van der Waals surface area (Å²) in [5, 5.41) is 28.8. The number of hydrogen-bond donors (Lipinski definition) is 3. The maximum Gasteiger partial charge on any atom is 0.315 e. The van der Waals surface area contributed by atoms with Gasteiger partial charge >= 0.3 is 5.97 Å². The number of rotatable bonds is 3. The van der Waals surface area contributed by atoms with E-state index in [0.29, 0.717) is 0 Å². The third kappa shape index (κ3) is 3.32. The smallest absolute Gasteiger partial charge is 0.315 e. The van der Waals surface area contributed by atoms with E-state index in [2.05, 4.69) is 0 Å². The molecule has 0 spiro atoms. The number of hydrogen-bond acceptors (Lipinski definition) is 3. The minimum atomic E-state index is -1.72. The van der Waals surface area contributed by atoms with Crippen LogP contribution in [0.4, 0.5) is 0 Å². The first-order valence-electron chi connectivity index (χ1n) is 6.03. The van der Waals surface area contributed by atoms with E-state index >= 15 is 0 Å². The van der Waals surface area contributed by atoms with Gasteiger partial charge in [-0.15, -0.1) is 0 Å². The molecule has 0 atom stereocenters. The molecule has 0 saturated heterocycles. The van der Waals surface area contributed by atoms with Crippen LogP contribution in [-0.2, 0) is 4.79 Å². The van der Waals surface area contributed by atoms with Crippen molar-refractivity contribution in [3.8, 4) is 11.5 Å². The molecule has 2 aromatic rings. The van der Waals surface area contributed by atoms with Crippen LogP contribution in [0.5, 0.6) is 11.5 Å². The molecule has 0 unspecified atom stereocenters. The monoisotopic (exact) mass is 448 g/mol. The Hall–Kier alpha value is -0.750. The molecule has 0 heterocycles. The van der Waals surface area contributed by atoms with Crippen LogP contribution in [0.2, 0.25) is 30.1 Å². The number of phenolic OH excluding ortho intramolecular Hbond substituents is 2. The predicted octanol–water partition coefficient (Wildman–Crippen LogP) is 6.23. The number of carboxylic acid groups (broad SMARTS) is 1. The summed E-state index contributed by atoms with van der Waals surface area (Å²) in [4.78, 5) is 11.8. The molecular formula is C14H6Cl6O4. The second-order valence-corrected chi connectivity index (χ2v) is 6.99. The molecule has 0 aliphatic heterocycles. The topological polar surface area (TPSA) is 77.8 Å². The molecule has 2 aromatic carbocycles. The van der Waals surface area contributed by atoms with E-state index < -0.39 is 23.4 Å². The zero-order valence-corrected chi connectivity index (χ0v) is 15.8. The molecule has 0 fully saturated rings. The minimum Gasteiger partial charge on any atom is -0.506 e. The Morgan fingerprint density at radius 1 is 0.750 bits per heavy atom. The van der Waals surface area contributed by atoms with Gasteiger partial charge in [0.25, 0.3) is 0 Å². The SMILES string of the molecule is O=C(O)C(c1c(O)c(Cl)cc(Cl)c1Cl)c1c(O)c(Cl)cc(Cl)c1Cl. The molecule has 0 radical (unpaired) electrons. The zero-order valence-electron chi connectivity index (χ0n) is 11.2. The van der Waals surface area contributed by atoms with E-state index in [0.717, 1.165) is 12.1 Å². The zero-order chi connectivity index (χ0) is 18.3. The lowest BCUT2D eigenvalue weighted by Crippen LogP contribution is -2.15. The fourth-order valence-corrected chi connectivity index (χ4v) is 3.59. The summed E-state index contributed by atoms with van der Waals surface area (Å²) in [5.74, 6) is -4.46. The average molecular weight is 451 g/mol. The molecule has 128 valence electrons. The van der Waals surface area contributed by atoms with Crippen LogP contribution in [-0.4, -0.2) is 21.3 Å². The van der Waals surface area contributed by atoms with Crippen molar-refractivity contribution in [2.45, 2.75) is 5.92 Å². The maximum atomic E-state index is 11.8. The van der Waals surface area contributed by atoms with Crippen molar-refractivity contribution in [2.24, 2.45) is 0 Å². The van der Waals surface area contributed by atoms with Crippen LogP contribution in [0.3, 0.4) is 0 Å². The van der Waals surface area contributed by atoms with Crippen molar-refractivity contribution in [3.05, 3.63) is 53.4 Å². The number of aliphatic carboxylic acids is 1. The van der Waals surface area contributed by atoms with Crippen LogP contribution >= 0.6 is 69.6 Å². The number of halogens is 6. The summed E-state index contributed by atoms with van der Waals surface area (Å²) in [6.07, 6.45) is 0. The third-order valence-electron chi connectivity index (χ3n) is 3.19.